The number of hydrogen-bond acceptors (Lipinski definition) is 6. The van der Waals surface area contributed by atoms with Gasteiger partial charge in [-0.3, -0.25) is 15.2 Å². The van der Waals surface area contributed by atoms with Gasteiger partial charge in [-0.2, -0.15) is 5.10 Å². The standard InChI is InChI=1S/C20H23N5O4/c1-9-15-14(25-24-9)8-20(3,28)17(10(2)26)16(15)11-5-6-12-13(7-11)22-18(21-12)23-19(27)29-4/h5-7,16-17,28H,8H2,1-4H3,(H,24,25)(H2,21,22,23,27)/t16-,17-,20-/m1/s1. The highest BCUT2D eigenvalue weighted by molar-refractivity contribution is 5.87. The number of amides is 1. The zero-order valence-electron chi connectivity index (χ0n) is 16.7. The minimum atomic E-state index is -1.22. The van der Waals surface area contributed by atoms with E-state index in [2.05, 4.69) is 30.2 Å². The van der Waals surface area contributed by atoms with Gasteiger partial charge in [-0.05, 0) is 38.5 Å². The molecule has 1 amide bonds. The third-order valence-corrected chi connectivity index (χ3v) is 5.62. The number of aromatic amines is 2. The van der Waals surface area contributed by atoms with E-state index in [0.717, 1.165) is 22.5 Å². The molecule has 0 saturated carbocycles. The number of nitrogens with zero attached hydrogens (tertiary/aromatic N) is 2. The van der Waals surface area contributed by atoms with Gasteiger partial charge in [-0.25, -0.2) is 9.78 Å². The summed E-state index contributed by atoms with van der Waals surface area (Å²) in [6.45, 7) is 5.12. The van der Waals surface area contributed by atoms with Gasteiger partial charge in [0.15, 0.2) is 0 Å². The smallest absolute Gasteiger partial charge is 0.413 e. The van der Waals surface area contributed by atoms with Crippen LogP contribution in [0.2, 0.25) is 0 Å². The molecule has 3 aromatic rings. The molecule has 9 nitrogen and oxygen atoms in total. The molecule has 1 aliphatic carbocycles. The number of hydrogen-bond donors (Lipinski definition) is 4. The minimum Gasteiger partial charge on any atom is -0.453 e. The Morgan fingerprint density at radius 1 is 1.38 bits per heavy atom. The predicted octanol–water partition coefficient (Wildman–Crippen LogP) is 2.42. The summed E-state index contributed by atoms with van der Waals surface area (Å²) in [5, 5.41) is 20.9. The van der Waals surface area contributed by atoms with Crippen molar-refractivity contribution in [2.24, 2.45) is 5.92 Å². The number of benzene rings is 1. The molecule has 0 bridgehead atoms. The van der Waals surface area contributed by atoms with Crippen LogP contribution in [0.1, 0.15) is 42.3 Å². The highest BCUT2D eigenvalue weighted by atomic mass is 16.5. The van der Waals surface area contributed by atoms with Crippen molar-refractivity contribution >= 4 is 28.9 Å². The summed E-state index contributed by atoms with van der Waals surface area (Å²) in [6, 6.07) is 5.60. The van der Waals surface area contributed by atoms with Gasteiger partial charge in [-0.15, -0.1) is 0 Å². The number of Topliss-reactive ketones (excluding diaryl/α,β-unsaturated/α-hetero) is 1. The highest BCUT2D eigenvalue weighted by Gasteiger charge is 2.48. The summed E-state index contributed by atoms with van der Waals surface area (Å²) in [5.41, 5.74) is 3.60. The highest BCUT2D eigenvalue weighted by Crippen LogP contribution is 2.47. The number of H-pyrrole nitrogens is 2. The van der Waals surface area contributed by atoms with Crippen molar-refractivity contribution in [2.75, 3.05) is 12.4 Å². The molecule has 2 heterocycles. The molecule has 4 N–H and O–H groups in total. The monoisotopic (exact) mass is 397 g/mol. The summed E-state index contributed by atoms with van der Waals surface area (Å²) >= 11 is 0. The number of fused-ring (bicyclic) bond motifs is 2. The molecular weight excluding hydrogens is 374 g/mol. The zero-order valence-corrected chi connectivity index (χ0v) is 16.7. The van der Waals surface area contributed by atoms with E-state index in [4.69, 9.17) is 0 Å². The number of rotatable bonds is 3. The van der Waals surface area contributed by atoms with Crippen molar-refractivity contribution in [2.45, 2.75) is 38.7 Å². The van der Waals surface area contributed by atoms with Gasteiger partial charge >= 0.3 is 6.09 Å². The number of anilines is 1. The van der Waals surface area contributed by atoms with Gasteiger partial charge < -0.3 is 14.8 Å². The minimum absolute atomic E-state index is 0.0796. The first-order valence-corrected chi connectivity index (χ1v) is 9.32. The third kappa shape index (κ3) is 3.17. The van der Waals surface area contributed by atoms with Crippen LogP contribution in [-0.4, -0.2) is 49.9 Å². The second-order valence-corrected chi connectivity index (χ2v) is 7.79. The lowest BCUT2D eigenvalue weighted by Crippen LogP contribution is -2.48. The van der Waals surface area contributed by atoms with E-state index in [-0.39, 0.29) is 17.6 Å². The third-order valence-electron chi connectivity index (χ3n) is 5.62. The largest absolute Gasteiger partial charge is 0.453 e. The van der Waals surface area contributed by atoms with Crippen LogP contribution < -0.4 is 5.32 Å². The van der Waals surface area contributed by atoms with E-state index < -0.39 is 17.6 Å². The van der Waals surface area contributed by atoms with Crippen LogP contribution >= 0.6 is 0 Å². The summed E-state index contributed by atoms with van der Waals surface area (Å²) < 4.78 is 4.59. The lowest BCUT2D eigenvalue weighted by molar-refractivity contribution is -0.130. The van der Waals surface area contributed by atoms with Gasteiger partial charge in [0, 0.05) is 23.6 Å². The van der Waals surface area contributed by atoms with Gasteiger partial charge in [0.05, 0.1) is 35.4 Å². The van der Waals surface area contributed by atoms with Crippen LogP contribution in [0.4, 0.5) is 10.7 Å². The molecule has 152 valence electrons. The van der Waals surface area contributed by atoms with Crippen LogP contribution in [0.25, 0.3) is 11.0 Å². The number of methoxy groups -OCH3 is 1. The molecular formula is C20H23N5O4. The summed E-state index contributed by atoms with van der Waals surface area (Å²) in [5.74, 6) is -0.777. The van der Waals surface area contributed by atoms with E-state index in [9.17, 15) is 14.7 Å². The number of ketones is 1. The molecule has 29 heavy (non-hydrogen) atoms. The molecule has 0 spiro atoms. The normalized spacial score (nSPS) is 23.6. The van der Waals surface area contributed by atoms with Gasteiger partial charge in [0.2, 0.25) is 5.95 Å². The van der Waals surface area contributed by atoms with E-state index >= 15 is 0 Å². The van der Waals surface area contributed by atoms with Crippen molar-refractivity contribution < 1.29 is 19.4 Å². The fraction of sp³-hybridized carbons (Fsp3) is 0.400. The first kappa shape index (κ1) is 19.1. The Kier molecular flexibility index (Phi) is 4.42. The fourth-order valence-corrected chi connectivity index (χ4v) is 4.47. The average Bonchev–Trinajstić information content (AvgIpc) is 3.21. The van der Waals surface area contributed by atoms with Gasteiger partial charge in [-0.1, -0.05) is 6.07 Å². The molecule has 0 fully saturated rings. The molecule has 4 rings (SSSR count). The molecule has 1 aliphatic rings. The molecule has 9 heteroatoms. The fourth-order valence-electron chi connectivity index (χ4n) is 4.47. The Bertz CT molecular complexity index is 1110. The first-order chi connectivity index (χ1) is 13.7. The van der Waals surface area contributed by atoms with E-state index in [1.165, 1.54) is 14.0 Å². The van der Waals surface area contributed by atoms with E-state index in [0.29, 0.717) is 17.5 Å². The summed E-state index contributed by atoms with van der Waals surface area (Å²) in [7, 11) is 1.28. The van der Waals surface area contributed by atoms with E-state index in [1.54, 1.807) is 6.92 Å². The summed E-state index contributed by atoms with van der Waals surface area (Å²) in [4.78, 5) is 31.4. The molecule has 0 saturated heterocycles. The Hall–Kier alpha value is -3.20. The number of aromatic nitrogens is 4. The van der Waals surface area contributed by atoms with Crippen LogP contribution in [0.15, 0.2) is 18.2 Å². The second kappa shape index (κ2) is 6.70. The zero-order chi connectivity index (χ0) is 20.9. The topological polar surface area (TPSA) is 133 Å². The maximum Gasteiger partial charge on any atom is 0.413 e. The Balaban J connectivity index is 1.84. The second-order valence-electron chi connectivity index (χ2n) is 7.79. The van der Waals surface area contributed by atoms with Gasteiger partial charge in [0.25, 0.3) is 0 Å². The maximum absolute atomic E-state index is 12.6. The van der Waals surface area contributed by atoms with Crippen molar-refractivity contribution in [3.8, 4) is 0 Å². The van der Waals surface area contributed by atoms with Crippen LogP contribution in [-0.2, 0) is 16.0 Å². The first-order valence-electron chi connectivity index (χ1n) is 9.32. The number of nitrogens with one attached hydrogen (secondary N) is 3. The number of imidazole rings is 1. The number of aliphatic hydroxyl groups is 1. The van der Waals surface area contributed by atoms with Crippen LogP contribution in [0, 0.1) is 12.8 Å². The molecule has 0 unspecified atom stereocenters. The molecule has 2 aromatic heterocycles. The summed E-state index contributed by atoms with van der Waals surface area (Å²) in [6.07, 6.45) is -0.310. The SMILES string of the molecule is COC(=O)Nc1nc2ccc([C@@H]3c4c(n[nH]c4C)C[C@@](C)(O)[C@@H]3C(C)=O)cc2[nH]1. The Morgan fingerprint density at radius 2 is 2.14 bits per heavy atom. The lowest BCUT2D eigenvalue weighted by atomic mass is 9.64. The van der Waals surface area contributed by atoms with Crippen molar-refractivity contribution in [3.63, 3.8) is 0 Å². The quantitative estimate of drug-likeness (QED) is 0.536. The number of aryl methyl sites for hydroxylation is 1. The van der Waals surface area contributed by atoms with Crippen molar-refractivity contribution in [3.05, 3.63) is 40.7 Å². The van der Waals surface area contributed by atoms with Crippen molar-refractivity contribution in [1.29, 1.82) is 0 Å². The average molecular weight is 397 g/mol. The lowest BCUT2D eigenvalue weighted by Gasteiger charge is -2.41. The maximum atomic E-state index is 12.6. The predicted molar refractivity (Wildman–Crippen MR) is 106 cm³/mol. The molecule has 0 aliphatic heterocycles. The Morgan fingerprint density at radius 3 is 2.83 bits per heavy atom. The Labute approximate surface area is 166 Å². The molecule has 3 atom stereocenters. The van der Waals surface area contributed by atoms with E-state index in [1.807, 2.05) is 25.1 Å². The van der Waals surface area contributed by atoms with Crippen molar-refractivity contribution in [1.82, 2.24) is 20.2 Å². The number of ether oxygens (including phenoxy) is 1. The van der Waals surface area contributed by atoms with Crippen LogP contribution in [0.5, 0.6) is 0 Å². The number of carbonyl (C=O) groups is 2. The molecule has 1 aromatic carbocycles. The number of carbonyl (C=O) groups excluding carboxylic acids is 2. The van der Waals surface area contributed by atoms with Gasteiger partial charge in [0.1, 0.15) is 5.78 Å². The molecule has 0 radical (unpaired) electrons. The van der Waals surface area contributed by atoms with Crippen LogP contribution in [0.3, 0.4) is 0 Å².